The Hall–Kier alpha value is -0.410. The largest absolute Gasteiger partial charge is 0.326 e. The first kappa shape index (κ1) is 10.7. The van der Waals surface area contributed by atoms with Crippen LogP contribution in [0.25, 0.3) is 0 Å². The van der Waals surface area contributed by atoms with Crippen molar-refractivity contribution in [2.24, 2.45) is 11.7 Å². The van der Waals surface area contributed by atoms with Crippen LogP contribution in [0.5, 0.6) is 0 Å². The number of rotatable bonds is 4. The van der Waals surface area contributed by atoms with Crippen LogP contribution in [0.2, 0.25) is 0 Å². The highest BCUT2D eigenvalue weighted by Crippen LogP contribution is 2.20. The number of thiazole rings is 1. The van der Waals surface area contributed by atoms with Gasteiger partial charge < -0.3 is 5.73 Å². The van der Waals surface area contributed by atoms with Gasteiger partial charge in [0.2, 0.25) is 0 Å². The molecule has 0 saturated heterocycles. The number of nitrogens with zero attached hydrogens (tertiary/aromatic N) is 1. The number of hydrogen-bond donors (Lipinski definition) is 1. The molecule has 2 N–H and O–H groups in total. The second-order valence-electron chi connectivity index (χ2n) is 3.63. The fraction of sp³-hybridized carbons (Fsp3) is 0.700. The molecule has 1 aromatic rings. The first-order valence-corrected chi connectivity index (χ1v) is 5.66. The van der Waals surface area contributed by atoms with Crippen LogP contribution < -0.4 is 5.73 Å². The van der Waals surface area contributed by atoms with Crippen LogP contribution in [-0.2, 0) is 19.4 Å². The Morgan fingerprint density at radius 3 is 2.54 bits per heavy atom. The number of hydrogen-bond acceptors (Lipinski definition) is 3. The van der Waals surface area contributed by atoms with Crippen LogP contribution in [-0.4, -0.2) is 4.98 Å². The summed E-state index contributed by atoms with van der Waals surface area (Å²) in [5.41, 5.74) is 6.84. The zero-order valence-electron chi connectivity index (χ0n) is 8.63. The molecule has 0 bridgehead atoms. The summed E-state index contributed by atoms with van der Waals surface area (Å²) in [5, 5.41) is 1.24. The van der Waals surface area contributed by atoms with Crippen molar-refractivity contribution in [1.29, 1.82) is 0 Å². The molecule has 0 fully saturated rings. The van der Waals surface area contributed by atoms with Gasteiger partial charge in [0, 0.05) is 17.8 Å². The minimum absolute atomic E-state index is 0.638. The van der Waals surface area contributed by atoms with E-state index >= 15 is 0 Å². The van der Waals surface area contributed by atoms with Gasteiger partial charge in [-0.25, -0.2) is 4.98 Å². The molecular formula is C10H18N2S. The van der Waals surface area contributed by atoms with Crippen molar-refractivity contribution in [2.75, 3.05) is 0 Å². The molecule has 0 spiro atoms. The molecule has 0 radical (unpaired) electrons. The first-order chi connectivity index (χ1) is 6.17. The van der Waals surface area contributed by atoms with Gasteiger partial charge in [0.25, 0.3) is 0 Å². The summed E-state index contributed by atoms with van der Waals surface area (Å²) in [7, 11) is 0. The molecule has 0 atom stereocenters. The van der Waals surface area contributed by atoms with Crippen molar-refractivity contribution >= 4 is 11.3 Å². The van der Waals surface area contributed by atoms with Crippen LogP contribution >= 0.6 is 11.3 Å². The van der Waals surface area contributed by atoms with Crippen molar-refractivity contribution in [3.63, 3.8) is 0 Å². The smallest absolute Gasteiger partial charge is 0.0934 e. The lowest BCUT2D eigenvalue weighted by Gasteiger charge is -1.98. The fourth-order valence-electron chi connectivity index (χ4n) is 1.31. The molecule has 1 rings (SSSR count). The third kappa shape index (κ3) is 2.78. The Bertz CT molecular complexity index is 244. The lowest BCUT2D eigenvalue weighted by Crippen LogP contribution is -1.97. The fourth-order valence-corrected chi connectivity index (χ4v) is 2.56. The second-order valence-corrected chi connectivity index (χ2v) is 4.80. The Balaban J connectivity index is 2.80. The lowest BCUT2D eigenvalue weighted by molar-refractivity contribution is 0.643. The van der Waals surface area contributed by atoms with Crippen molar-refractivity contribution in [1.82, 2.24) is 4.98 Å². The molecule has 0 unspecified atom stereocenters. The van der Waals surface area contributed by atoms with Crippen LogP contribution in [0, 0.1) is 5.92 Å². The molecule has 0 aliphatic rings. The third-order valence-corrected chi connectivity index (χ3v) is 3.07. The highest BCUT2D eigenvalue weighted by atomic mass is 32.1. The minimum atomic E-state index is 0.638. The molecule has 0 aliphatic heterocycles. The summed E-state index contributed by atoms with van der Waals surface area (Å²) in [5.74, 6) is 0.682. The number of aryl methyl sites for hydroxylation is 1. The molecule has 3 heteroatoms. The standard InChI is InChI=1S/C10H18N2S/c1-4-8-9(6-11)13-10(12-8)5-7(2)3/h7H,4-6,11H2,1-3H3. The molecule has 0 aliphatic carbocycles. The molecule has 0 saturated carbocycles. The minimum Gasteiger partial charge on any atom is -0.326 e. The van der Waals surface area contributed by atoms with Crippen LogP contribution in [0.4, 0.5) is 0 Å². The molecular weight excluding hydrogens is 180 g/mol. The first-order valence-electron chi connectivity index (χ1n) is 4.84. The van der Waals surface area contributed by atoms with E-state index in [1.165, 1.54) is 15.6 Å². The topological polar surface area (TPSA) is 38.9 Å². The van der Waals surface area contributed by atoms with Gasteiger partial charge in [0.1, 0.15) is 0 Å². The van der Waals surface area contributed by atoms with E-state index in [1.807, 2.05) is 0 Å². The molecule has 74 valence electrons. The Morgan fingerprint density at radius 1 is 1.46 bits per heavy atom. The van der Waals surface area contributed by atoms with Gasteiger partial charge in [-0.2, -0.15) is 0 Å². The van der Waals surface area contributed by atoms with Gasteiger partial charge in [0.15, 0.2) is 0 Å². The predicted molar refractivity (Wildman–Crippen MR) is 57.9 cm³/mol. The van der Waals surface area contributed by atoms with E-state index in [4.69, 9.17) is 5.73 Å². The Labute approximate surface area is 84.2 Å². The van der Waals surface area contributed by atoms with Crippen LogP contribution in [0.3, 0.4) is 0 Å². The average Bonchev–Trinajstić information content (AvgIpc) is 2.45. The zero-order valence-corrected chi connectivity index (χ0v) is 9.45. The van der Waals surface area contributed by atoms with Gasteiger partial charge in [-0.3, -0.25) is 0 Å². The summed E-state index contributed by atoms with van der Waals surface area (Å²) < 4.78 is 0. The second kappa shape index (κ2) is 4.72. The van der Waals surface area contributed by atoms with Gasteiger partial charge >= 0.3 is 0 Å². The summed E-state index contributed by atoms with van der Waals surface area (Å²) in [4.78, 5) is 5.84. The Morgan fingerprint density at radius 2 is 2.15 bits per heavy atom. The van der Waals surface area contributed by atoms with Gasteiger partial charge in [0.05, 0.1) is 10.7 Å². The van der Waals surface area contributed by atoms with E-state index in [-0.39, 0.29) is 0 Å². The molecule has 0 aromatic carbocycles. The quantitative estimate of drug-likeness (QED) is 0.806. The van der Waals surface area contributed by atoms with E-state index in [2.05, 4.69) is 25.8 Å². The maximum absolute atomic E-state index is 5.64. The van der Waals surface area contributed by atoms with Crippen LogP contribution in [0.1, 0.15) is 36.3 Å². The maximum Gasteiger partial charge on any atom is 0.0934 e. The van der Waals surface area contributed by atoms with E-state index < -0.39 is 0 Å². The summed E-state index contributed by atoms with van der Waals surface area (Å²) in [6.45, 7) is 7.20. The van der Waals surface area contributed by atoms with Crippen molar-refractivity contribution in [3.05, 3.63) is 15.6 Å². The predicted octanol–water partition coefficient (Wildman–Crippen LogP) is 2.36. The zero-order chi connectivity index (χ0) is 9.84. The van der Waals surface area contributed by atoms with Gasteiger partial charge in [-0.15, -0.1) is 11.3 Å². The summed E-state index contributed by atoms with van der Waals surface area (Å²) in [6, 6.07) is 0. The van der Waals surface area contributed by atoms with E-state index in [9.17, 15) is 0 Å². The maximum atomic E-state index is 5.64. The highest BCUT2D eigenvalue weighted by Gasteiger charge is 2.08. The lowest BCUT2D eigenvalue weighted by atomic mass is 10.1. The van der Waals surface area contributed by atoms with Crippen molar-refractivity contribution in [2.45, 2.75) is 40.2 Å². The summed E-state index contributed by atoms with van der Waals surface area (Å²) >= 11 is 1.78. The van der Waals surface area contributed by atoms with Crippen LogP contribution in [0.15, 0.2) is 0 Å². The monoisotopic (exact) mass is 198 g/mol. The van der Waals surface area contributed by atoms with Gasteiger partial charge in [-0.05, 0) is 12.3 Å². The SMILES string of the molecule is CCc1nc(CC(C)C)sc1CN. The van der Waals surface area contributed by atoms with Gasteiger partial charge in [-0.1, -0.05) is 20.8 Å². The molecule has 0 amide bonds. The molecule has 1 aromatic heterocycles. The molecule has 13 heavy (non-hydrogen) atoms. The Kier molecular flexibility index (Phi) is 3.88. The summed E-state index contributed by atoms with van der Waals surface area (Å²) in [6.07, 6.45) is 2.08. The van der Waals surface area contributed by atoms with Crippen molar-refractivity contribution < 1.29 is 0 Å². The van der Waals surface area contributed by atoms with E-state index in [0.717, 1.165) is 12.8 Å². The molecule has 1 heterocycles. The van der Waals surface area contributed by atoms with E-state index in [0.29, 0.717) is 12.5 Å². The third-order valence-electron chi connectivity index (χ3n) is 1.93. The normalized spacial score (nSPS) is 11.2. The number of nitrogens with two attached hydrogens (primary N) is 1. The highest BCUT2D eigenvalue weighted by molar-refractivity contribution is 7.11. The van der Waals surface area contributed by atoms with E-state index in [1.54, 1.807) is 11.3 Å². The average molecular weight is 198 g/mol. The molecule has 2 nitrogen and oxygen atoms in total. The number of aromatic nitrogens is 1. The van der Waals surface area contributed by atoms with Crippen molar-refractivity contribution in [3.8, 4) is 0 Å².